The van der Waals surface area contributed by atoms with E-state index in [1.165, 1.54) is 7.11 Å². The number of methoxy groups -OCH3 is 1. The van der Waals surface area contributed by atoms with E-state index in [1.807, 2.05) is 0 Å². The molecule has 3 atom stereocenters. The van der Waals surface area contributed by atoms with Gasteiger partial charge in [-0.25, -0.2) is 0 Å². The van der Waals surface area contributed by atoms with Gasteiger partial charge in [-0.3, -0.25) is 0 Å². The molecule has 1 aliphatic heterocycles. The average Bonchev–Trinajstić information content (AvgIpc) is 1.95. The van der Waals surface area contributed by atoms with Gasteiger partial charge in [0.15, 0.2) is 0 Å². The largest absolute Gasteiger partial charge is 0.388 e. The minimum absolute atomic E-state index is 0.195. The van der Waals surface area contributed by atoms with E-state index in [0.717, 1.165) is 0 Å². The molecule has 0 aromatic rings. The van der Waals surface area contributed by atoms with Crippen molar-refractivity contribution in [2.24, 2.45) is 0 Å². The van der Waals surface area contributed by atoms with Gasteiger partial charge in [0.05, 0.1) is 13.2 Å². The van der Waals surface area contributed by atoms with Crippen molar-refractivity contribution in [3.63, 3.8) is 0 Å². The zero-order chi connectivity index (χ0) is 7.56. The lowest BCUT2D eigenvalue weighted by molar-refractivity contribution is -0.160. The average molecular weight is 148 g/mol. The molecular formula is C6H12O4. The molecule has 0 bridgehead atoms. The summed E-state index contributed by atoms with van der Waals surface area (Å²) < 4.78 is 9.76. The third-order valence-electron chi connectivity index (χ3n) is 1.65. The van der Waals surface area contributed by atoms with E-state index >= 15 is 0 Å². The first kappa shape index (κ1) is 7.94. The monoisotopic (exact) mass is 148 g/mol. The Labute approximate surface area is 59.4 Å². The molecule has 0 saturated carbocycles. The zero-order valence-electron chi connectivity index (χ0n) is 5.86. The fourth-order valence-corrected chi connectivity index (χ4v) is 0.957. The van der Waals surface area contributed by atoms with Crippen LogP contribution in [0.3, 0.4) is 0 Å². The summed E-state index contributed by atoms with van der Waals surface area (Å²) in [4.78, 5) is 0. The summed E-state index contributed by atoms with van der Waals surface area (Å²) >= 11 is 0. The Morgan fingerprint density at radius 2 is 2.10 bits per heavy atom. The molecule has 0 spiro atoms. The Hall–Kier alpha value is -0.160. The fourth-order valence-electron chi connectivity index (χ4n) is 0.957. The molecule has 10 heavy (non-hydrogen) atoms. The Kier molecular flexibility index (Phi) is 2.62. The molecule has 0 radical (unpaired) electrons. The van der Waals surface area contributed by atoms with Crippen LogP contribution in [-0.4, -0.2) is 48.8 Å². The zero-order valence-corrected chi connectivity index (χ0v) is 5.86. The summed E-state index contributed by atoms with van der Waals surface area (Å²) in [7, 11) is 1.48. The Bertz CT molecular complexity index is 106. The van der Waals surface area contributed by atoms with Gasteiger partial charge in [-0.15, -0.1) is 0 Å². The van der Waals surface area contributed by atoms with Gasteiger partial charge < -0.3 is 19.7 Å². The van der Waals surface area contributed by atoms with Gasteiger partial charge in [0.1, 0.15) is 18.3 Å². The van der Waals surface area contributed by atoms with Crippen LogP contribution in [0.2, 0.25) is 0 Å². The van der Waals surface area contributed by atoms with E-state index in [0.29, 0.717) is 6.61 Å². The minimum atomic E-state index is -0.807. The molecule has 1 heterocycles. The summed E-state index contributed by atoms with van der Waals surface area (Å²) in [5.74, 6) is 0. The Morgan fingerprint density at radius 1 is 1.40 bits per heavy atom. The lowest BCUT2D eigenvalue weighted by Crippen LogP contribution is -2.48. The van der Waals surface area contributed by atoms with Crippen molar-refractivity contribution in [2.75, 3.05) is 20.3 Å². The summed E-state index contributed by atoms with van der Waals surface area (Å²) in [6.07, 6.45) is -2.00. The van der Waals surface area contributed by atoms with Crippen molar-refractivity contribution < 1.29 is 19.7 Å². The first-order valence-corrected chi connectivity index (χ1v) is 3.22. The number of aliphatic hydroxyl groups is 2. The number of hydrogen-bond donors (Lipinski definition) is 2. The molecule has 4 heteroatoms. The highest BCUT2D eigenvalue weighted by molar-refractivity contribution is 4.79. The van der Waals surface area contributed by atoms with E-state index in [9.17, 15) is 5.11 Å². The molecule has 0 aromatic carbocycles. The van der Waals surface area contributed by atoms with Crippen molar-refractivity contribution in [1.29, 1.82) is 0 Å². The van der Waals surface area contributed by atoms with E-state index < -0.39 is 12.2 Å². The standard InChI is InChI=1S/C6H12O4/c1-9-5-3-10-2-4(7)6(5)8/h4-8H,2-3H2,1H3/t4-,5+,6+/m1/s1. The van der Waals surface area contributed by atoms with Crippen LogP contribution >= 0.6 is 0 Å². The quantitative estimate of drug-likeness (QED) is 0.488. The summed E-state index contributed by atoms with van der Waals surface area (Å²) in [6, 6.07) is 0. The van der Waals surface area contributed by atoms with E-state index in [-0.39, 0.29) is 12.7 Å². The van der Waals surface area contributed by atoms with Gasteiger partial charge in [0.25, 0.3) is 0 Å². The molecule has 0 amide bonds. The van der Waals surface area contributed by atoms with Crippen LogP contribution in [0.25, 0.3) is 0 Å². The molecule has 2 N–H and O–H groups in total. The third-order valence-corrected chi connectivity index (χ3v) is 1.65. The van der Waals surface area contributed by atoms with E-state index in [1.54, 1.807) is 0 Å². The van der Waals surface area contributed by atoms with Crippen LogP contribution in [0.15, 0.2) is 0 Å². The molecule has 1 aliphatic rings. The SMILES string of the molecule is CO[C@H]1COC[C@@H](O)[C@@H]1O. The minimum Gasteiger partial charge on any atom is -0.388 e. The molecule has 4 nitrogen and oxygen atoms in total. The summed E-state index contributed by atoms with van der Waals surface area (Å²) in [5.41, 5.74) is 0. The van der Waals surface area contributed by atoms with Gasteiger partial charge in [-0.1, -0.05) is 0 Å². The molecule has 1 saturated heterocycles. The second kappa shape index (κ2) is 3.30. The summed E-state index contributed by atoms with van der Waals surface area (Å²) in [5, 5.41) is 18.2. The van der Waals surface area contributed by atoms with Crippen molar-refractivity contribution in [3.8, 4) is 0 Å². The normalized spacial score (nSPS) is 41.7. The first-order valence-electron chi connectivity index (χ1n) is 3.22. The topological polar surface area (TPSA) is 58.9 Å². The second-order valence-electron chi connectivity index (χ2n) is 2.37. The molecular weight excluding hydrogens is 136 g/mol. The van der Waals surface area contributed by atoms with Crippen molar-refractivity contribution in [3.05, 3.63) is 0 Å². The number of aliphatic hydroxyl groups excluding tert-OH is 2. The van der Waals surface area contributed by atoms with E-state index in [2.05, 4.69) is 0 Å². The molecule has 1 rings (SSSR count). The summed E-state index contributed by atoms with van der Waals surface area (Å²) in [6.45, 7) is 0.551. The van der Waals surface area contributed by atoms with Gasteiger partial charge in [0.2, 0.25) is 0 Å². The van der Waals surface area contributed by atoms with Crippen molar-refractivity contribution in [2.45, 2.75) is 18.3 Å². The van der Waals surface area contributed by atoms with Gasteiger partial charge in [-0.05, 0) is 0 Å². The van der Waals surface area contributed by atoms with Crippen LogP contribution in [0, 0.1) is 0 Å². The fraction of sp³-hybridized carbons (Fsp3) is 1.00. The Balaban J connectivity index is 2.42. The maximum absolute atomic E-state index is 9.18. The van der Waals surface area contributed by atoms with Crippen LogP contribution < -0.4 is 0 Å². The maximum Gasteiger partial charge on any atom is 0.110 e. The predicted molar refractivity (Wildman–Crippen MR) is 33.6 cm³/mol. The maximum atomic E-state index is 9.18. The Morgan fingerprint density at radius 3 is 2.60 bits per heavy atom. The lowest BCUT2D eigenvalue weighted by Gasteiger charge is -2.30. The predicted octanol–water partition coefficient (Wildman–Crippen LogP) is -1.25. The van der Waals surface area contributed by atoms with Crippen molar-refractivity contribution in [1.82, 2.24) is 0 Å². The van der Waals surface area contributed by atoms with Crippen LogP contribution in [0.5, 0.6) is 0 Å². The first-order chi connectivity index (χ1) is 4.75. The van der Waals surface area contributed by atoms with Crippen LogP contribution in [-0.2, 0) is 9.47 Å². The van der Waals surface area contributed by atoms with Crippen LogP contribution in [0.1, 0.15) is 0 Å². The lowest BCUT2D eigenvalue weighted by atomic mass is 10.1. The van der Waals surface area contributed by atoms with Crippen LogP contribution in [0.4, 0.5) is 0 Å². The van der Waals surface area contributed by atoms with E-state index in [4.69, 9.17) is 14.6 Å². The molecule has 0 unspecified atom stereocenters. The highest BCUT2D eigenvalue weighted by Gasteiger charge is 2.30. The number of rotatable bonds is 1. The van der Waals surface area contributed by atoms with Gasteiger partial charge in [-0.2, -0.15) is 0 Å². The smallest absolute Gasteiger partial charge is 0.110 e. The number of ether oxygens (including phenoxy) is 2. The second-order valence-corrected chi connectivity index (χ2v) is 2.37. The third kappa shape index (κ3) is 1.46. The van der Waals surface area contributed by atoms with Crippen molar-refractivity contribution >= 4 is 0 Å². The van der Waals surface area contributed by atoms with Gasteiger partial charge >= 0.3 is 0 Å². The highest BCUT2D eigenvalue weighted by Crippen LogP contribution is 2.10. The molecule has 60 valence electrons. The molecule has 1 fully saturated rings. The van der Waals surface area contributed by atoms with Gasteiger partial charge in [0, 0.05) is 7.11 Å². The molecule has 0 aromatic heterocycles. The number of hydrogen-bond acceptors (Lipinski definition) is 4. The highest BCUT2D eigenvalue weighted by atomic mass is 16.5. The molecule has 0 aliphatic carbocycles.